The summed E-state index contributed by atoms with van der Waals surface area (Å²) in [5.41, 5.74) is 3.05. The van der Waals surface area contributed by atoms with Crippen LogP contribution in [0.5, 0.6) is 0 Å². The molecule has 2 amide bonds. The highest BCUT2D eigenvalue weighted by Crippen LogP contribution is 2.18. The molecule has 0 radical (unpaired) electrons. The van der Waals surface area contributed by atoms with Crippen molar-refractivity contribution in [1.29, 1.82) is 0 Å². The molecule has 0 fully saturated rings. The van der Waals surface area contributed by atoms with Crippen molar-refractivity contribution in [3.05, 3.63) is 81.5 Å². The molecule has 33 heavy (non-hydrogen) atoms. The second-order valence-electron chi connectivity index (χ2n) is 7.71. The Kier molecular flexibility index (Phi) is 8.01. The molecule has 3 aromatic rings. The van der Waals surface area contributed by atoms with Crippen LogP contribution in [0.1, 0.15) is 26.4 Å². The molecule has 0 aliphatic rings. The van der Waals surface area contributed by atoms with Crippen LogP contribution in [-0.4, -0.2) is 45.3 Å². The van der Waals surface area contributed by atoms with E-state index in [1.165, 1.54) is 36.2 Å². The number of thiophene rings is 1. The van der Waals surface area contributed by atoms with Crippen molar-refractivity contribution in [2.24, 2.45) is 0 Å². The van der Waals surface area contributed by atoms with Crippen LogP contribution < -0.4 is 10.0 Å². The van der Waals surface area contributed by atoms with E-state index < -0.39 is 10.0 Å². The molecule has 0 saturated heterocycles. The molecule has 0 aliphatic carbocycles. The van der Waals surface area contributed by atoms with E-state index in [1.54, 1.807) is 11.3 Å². The first-order valence-corrected chi connectivity index (χ1v) is 12.8. The molecule has 3 rings (SSSR count). The lowest BCUT2D eigenvalue weighted by atomic mass is 10.1. The van der Waals surface area contributed by atoms with Gasteiger partial charge in [0.15, 0.2) is 0 Å². The molecule has 0 spiro atoms. The molecular formula is C24H27N3O4S2. The monoisotopic (exact) mass is 485 g/mol. The highest BCUT2D eigenvalue weighted by molar-refractivity contribution is 7.89. The molecule has 0 bridgehead atoms. The van der Waals surface area contributed by atoms with Gasteiger partial charge in [-0.05, 0) is 73.2 Å². The number of hydrogen-bond acceptors (Lipinski definition) is 5. The molecular weight excluding hydrogens is 458 g/mol. The molecule has 2 aromatic carbocycles. The smallest absolute Gasteiger partial charge is 0.254 e. The van der Waals surface area contributed by atoms with Gasteiger partial charge in [0, 0.05) is 29.7 Å². The fourth-order valence-electron chi connectivity index (χ4n) is 3.21. The van der Waals surface area contributed by atoms with Gasteiger partial charge in [-0.15, -0.1) is 11.3 Å². The first kappa shape index (κ1) is 24.6. The zero-order valence-electron chi connectivity index (χ0n) is 18.8. The molecule has 7 nitrogen and oxygen atoms in total. The molecule has 174 valence electrons. The third kappa shape index (κ3) is 6.50. The first-order chi connectivity index (χ1) is 15.7. The Morgan fingerprint density at radius 3 is 2.39 bits per heavy atom. The second-order valence-corrected chi connectivity index (χ2v) is 10.5. The van der Waals surface area contributed by atoms with E-state index in [1.807, 2.05) is 49.6 Å². The van der Waals surface area contributed by atoms with Gasteiger partial charge in [0.05, 0.1) is 11.4 Å². The third-order valence-electron chi connectivity index (χ3n) is 5.26. The van der Waals surface area contributed by atoms with Crippen molar-refractivity contribution in [1.82, 2.24) is 9.62 Å². The third-order valence-corrected chi connectivity index (χ3v) is 7.67. The van der Waals surface area contributed by atoms with Crippen LogP contribution in [0.25, 0.3) is 0 Å². The number of anilines is 1. The van der Waals surface area contributed by atoms with Gasteiger partial charge in [0.2, 0.25) is 15.9 Å². The summed E-state index contributed by atoms with van der Waals surface area (Å²) < 4.78 is 27.6. The second kappa shape index (κ2) is 10.7. The van der Waals surface area contributed by atoms with Crippen LogP contribution in [-0.2, 0) is 21.2 Å². The lowest BCUT2D eigenvalue weighted by Gasteiger charge is -2.18. The Morgan fingerprint density at radius 1 is 1.00 bits per heavy atom. The average Bonchev–Trinajstić information content (AvgIpc) is 3.30. The summed E-state index contributed by atoms with van der Waals surface area (Å²) in [6, 6.07) is 15.2. The summed E-state index contributed by atoms with van der Waals surface area (Å²) in [7, 11) is -2.14. The highest BCUT2D eigenvalue weighted by atomic mass is 32.2. The number of aryl methyl sites for hydroxylation is 1. The van der Waals surface area contributed by atoms with Gasteiger partial charge in [-0.2, -0.15) is 0 Å². The van der Waals surface area contributed by atoms with E-state index in [0.29, 0.717) is 24.2 Å². The topological polar surface area (TPSA) is 95.6 Å². The van der Waals surface area contributed by atoms with Gasteiger partial charge in [-0.3, -0.25) is 9.59 Å². The minimum Gasteiger partial charge on any atom is -0.332 e. The minimum atomic E-state index is -3.67. The van der Waals surface area contributed by atoms with Crippen molar-refractivity contribution < 1.29 is 18.0 Å². The summed E-state index contributed by atoms with van der Waals surface area (Å²) in [6.45, 7) is 4.05. The van der Waals surface area contributed by atoms with Gasteiger partial charge < -0.3 is 10.2 Å². The fourth-order valence-corrected chi connectivity index (χ4v) is 4.95. The maximum atomic E-state index is 12.7. The van der Waals surface area contributed by atoms with E-state index >= 15 is 0 Å². The Balaban J connectivity index is 1.57. The molecule has 2 N–H and O–H groups in total. The number of hydrogen-bond donors (Lipinski definition) is 2. The predicted octanol–water partition coefficient (Wildman–Crippen LogP) is 3.60. The van der Waals surface area contributed by atoms with E-state index in [0.717, 1.165) is 16.0 Å². The normalized spacial score (nSPS) is 11.2. The maximum Gasteiger partial charge on any atom is 0.254 e. The van der Waals surface area contributed by atoms with E-state index in [9.17, 15) is 18.0 Å². The highest BCUT2D eigenvalue weighted by Gasteiger charge is 2.18. The number of benzene rings is 2. The van der Waals surface area contributed by atoms with Crippen LogP contribution in [0.15, 0.2) is 64.9 Å². The van der Waals surface area contributed by atoms with Crippen molar-refractivity contribution in [2.45, 2.75) is 25.2 Å². The predicted molar refractivity (Wildman–Crippen MR) is 131 cm³/mol. The van der Waals surface area contributed by atoms with Crippen molar-refractivity contribution >= 4 is 38.9 Å². The number of nitrogens with one attached hydrogen (secondary N) is 2. The number of sulfonamides is 1. The molecule has 0 atom stereocenters. The largest absolute Gasteiger partial charge is 0.332 e. The SMILES string of the molecule is Cc1cccc(NC(=O)CN(C)C(=O)c2ccc(S(=O)(=O)NCCc3cccs3)cc2)c1C. The zero-order chi connectivity index (χ0) is 24.0. The van der Waals surface area contributed by atoms with Crippen LogP contribution in [0.2, 0.25) is 0 Å². The van der Waals surface area contributed by atoms with Crippen LogP contribution in [0.4, 0.5) is 5.69 Å². The molecule has 0 aliphatic heterocycles. The molecule has 1 aromatic heterocycles. The van der Waals surface area contributed by atoms with Crippen molar-refractivity contribution in [3.63, 3.8) is 0 Å². The van der Waals surface area contributed by atoms with Gasteiger partial charge in [-0.25, -0.2) is 13.1 Å². The van der Waals surface area contributed by atoms with Crippen molar-refractivity contribution in [3.8, 4) is 0 Å². The first-order valence-electron chi connectivity index (χ1n) is 10.4. The van der Waals surface area contributed by atoms with Crippen molar-refractivity contribution in [2.75, 3.05) is 25.5 Å². The average molecular weight is 486 g/mol. The Hall–Kier alpha value is -3.01. The number of carbonyl (C=O) groups is 2. The zero-order valence-corrected chi connectivity index (χ0v) is 20.4. The summed E-state index contributed by atoms with van der Waals surface area (Å²) in [6.07, 6.45) is 0.613. The molecule has 0 unspecified atom stereocenters. The number of rotatable bonds is 9. The fraction of sp³-hybridized carbons (Fsp3) is 0.250. The number of nitrogens with zero attached hydrogens (tertiary/aromatic N) is 1. The van der Waals surface area contributed by atoms with E-state index in [2.05, 4.69) is 10.0 Å². The van der Waals surface area contributed by atoms with E-state index in [4.69, 9.17) is 0 Å². The quantitative estimate of drug-likeness (QED) is 0.484. The number of carbonyl (C=O) groups excluding carboxylic acids is 2. The van der Waals surface area contributed by atoms with Gasteiger partial charge in [0.25, 0.3) is 5.91 Å². The summed E-state index contributed by atoms with van der Waals surface area (Å²) >= 11 is 1.58. The van der Waals surface area contributed by atoms with Gasteiger partial charge in [-0.1, -0.05) is 18.2 Å². The van der Waals surface area contributed by atoms with Crippen LogP contribution >= 0.6 is 11.3 Å². The van der Waals surface area contributed by atoms with Crippen LogP contribution in [0, 0.1) is 13.8 Å². The van der Waals surface area contributed by atoms with Crippen LogP contribution in [0.3, 0.4) is 0 Å². The Bertz CT molecular complexity index is 1220. The van der Waals surface area contributed by atoms with Gasteiger partial charge >= 0.3 is 0 Å². The standard InChI is InChI=1S/C24H27N3O4S2/c1-17-6-4-8-22(18(17)2)26-23(28)16-27(3)24(29)19-9-11-21(12-10-19)33(30,31)25-14-13-20-7-5-15-32-20/h4-12,15,25H,13-14,16H2,1-3H3,(H,26,28). The lowest BCUT2D eigenvalue weighted by Crippen LogP contribution is -2.35. The minimum absolute atomic E-state index is 0.0838. The Labute approximate surface area is 198 Å². The number of amides is 2. The molecule has 1 heterocycles. The van der Waals surface area contributed by atoms with Gasteiger partial charge in [0.1, 0.15) is 0 Å². The Morgan fingerprint density at radius 2 is 1.73 bits per heavy atom. The molecule has 9 heteroatoms. The molecule has 0 saturated carbocycles. The lowest BCUT2D eigenvalue weighted by molar-refractivity contribution is -0.116. The van der Waals surface area contributed by atoms with E-state index in [-0.39, 0.29) is 23.3 Å². The number of likely N-dealkylation sites (N-methyl/N-ethyl adjacent to an activating group) is 1. The summed E-state index contributed by atoms with van der Waals surface area (Å²) in [4.78, 5) is 27.6. The maximum absolute atomic E-state index is 12.7. The summed E-state index contributed by atoms with van der Waals surface area (Å²) in [5.74, 6) is -0.686. The summed E-state index contributed by atoms with van der Waals surface area (Å²) in [5, 5.41) is 4.78.